The van der Waals surface area contributed by atoms with Crippen LogP contribution in [-0.4, -0.2) is 5.78 Å². The number of carbonyl (C=O) groups excluding carboxylic acids is 1. The van der Waals surface area contributed by atoms with Crippen molar-refractivity contribution in [3.05, 3.63) is 145 Å². The van der Waals surface area contributed by atoms with E-state index in [2.05, 4.69) is 72.8 Å². The summed E-state index contributed by atoms with van der Waals surface area (Å²) < 4.78 is 0. The molecule has 0 fully saturated rings. The highest BCUT2D eigenvalue weighted by atomic mass is 32.2. The van der Waals surface area contributed by atoms with Crippen LogP contribution in [0.4, 0.5) is 0 Å². The molecule has 3 heteroatoms. The molecule has 0 aliphatic carbocycles. The van der Waals surface area contributed by atoms with E-state index in [4.69, 9.17) is 0 Å². The Morgan fingerprint density at radius 1 is 0.441 bits per heavy atom. The Bertz CT molecular complexity index is 1380. The van der Waals surface area contributed by atoms with Crippen molar-refractivity contribution in [3.8, 4) is 11.1 Å². The normalized spacial score (nSPS) is 10.7. The van der Waals surface area contributed by atoms with Gasteiger partial charge in [0.1, 0.15) is 0 Å². The van der Waals surface area contributed by atoms with Crippen molar-refractivity contribution in [1.82, 2.24) is 0 Å². The smallest absolute Gasteiger partial charge is 0.194 e. The fourth-order valence-corrected chi connectivity index (χ4v) is 5.45. The maximum atomic E-state index is 13.0. The highest BCUT2D eigenvalue weighted by Gasteiger charge is 2.14. The molecule has 34 heavy (non-hydrogen) atoms. The number of benzene rings is 5. The molecule has 0 saturated carbocycles. The second kappa shape index (κ2) is 10.6. The van der Waals surface area contributed by atoms with Gasteiger partial charge < -0.3 is 0 Å². The fourth-order valence-electron chi connectivity index (χ4n) is 3.67. The van der Waals surface area contributed by atoms with E-state index >= 15 is 0 Å². The molecule has 0 N–H and O–H groups in total. The highest BCUT2D eigenvalue weighted by molar-refractivity contribution is 7.99. The standard InChI is InChI=1S/C31H22OS2/c32-31(25-9-3-1-4-10-25)29-13-7-8-14-30(29)34-28-21-17-24(18-22-28)23-15-19-27(20-16-23)33-26-11-5-2-6-12-26/h1-22H. The van der Waals surface area contributed by atoms with E-state index in [-0.39, 0.29) is 5.78 Å². The predicted octanol–water partition coefficient (Wildman–Crippen LogP) is 8.89. The van der Waals surface area contributed by atoms with Gasteiger partial charge in [-0.1, -0.05) is 108 Å². The Balaban J connectivity index is 1.30. The Kier molecular flexibility index (Phi) is 6.94. The lowest BCUT2D eigenvalue weighted by Crippen LogP contribution is -2.02. The molecule has 0 heterocycles. The van der Waals surface area contributed by atoms with Gasteiger partial charge in [-0.3, -0.25) is 4.79 Å². The van der Waals surface area contributed by atoms with Crippen molar-refractivity contribution < 1.29 is 4.79 Å². The van der Waals surface area contributed by atoms with Gasteiger partial charge in [0.25, 0.3) is 0 Å². The van der Waals surface area contributed by atoms with Gasteiger partial charge in [-0.05, 0) is 59.7 Å². The zero-order valence-electron chi connectivity index (χ0n) is 18.4. The van der Waals surface area contributed by atoms with Crippen molar-refractivity contribution in [2.45, 2.75) is 19.6 Å². The van der Waals surface area contributed by atoms with Crippen LogP contribution in [0.1, 0.15) is 15.9 Å². The van der Waals surface area contributed by atoms with E-state index in [0.29, 0.717) is 5.56 Å². The first-order valence-corrected chi connectivity index (χ1v) is 12.7. The lowest BCUT2D eigenvalue weighted by Gasteiger charge is -2.10. The first kappa shape index (κ1) is 22.3. The van der Waals surface area contributed by atoms with Crippen molar-refractivity contribution in [3.63, 3.8) is 0 Å². The van der Waals surface area contributed by atoms with E-state index in [1.165, 1.54) is 20.9 Å². The van der Waals surface area contributed by atoms with Crippen molar-refractivity contribution in [1.29, 1.82) is 0 Å². The third kappa shape index (κ3) is 5.33. The van der Waals surface area contributed by atoms with Crippen LogP contribution in [0.5, 0.6) is 0 Å². The van der Waals surface area contributed by atoms with E-state index in [0.717, 1.165) is 15.4 Å². The molecule has 0 radical (unpaired) electrons. The molecule has 164 valence electrons. The van der Waals surface area contributed by atoms with Crippen LogP contribution < -0.4 is 0 Å². The first-order chi connectivity index (χ1) is 16.8. The minimum absolute atomic E-state index is 0.0498. The molecule has 0 aliphatic rings. The molecule has 1 nitrogen and oxygen atoms in total. The quantitative estimate of drug-likeness (QED) is 0.219. The summed E-state index contributed by atoms with van der Waals surface area (Å²) in [5.74, 6) is 0.0498. The summed E-state index contributed by atoms with van der Waals surface area (Å²) in [6.45, 7) is 0. The van der Waals surface area contributed by atoms with Crippen LogP contribution >= 0.6 is 23.5 Å². The van der Waals surface area contributed by atoms with Crippen molar-refractivity contribution in [2.75, 3.05) is 0 Å². The summed E-state index contributed by atoms with van der Waals surface area (Å²) >= 11 is 3.39. The Morgan fingerprint density at radius 3 is 1.53 bits per heavy atom. The maximum Gasteiger partial charge on any atom is 0.194 e. The zero-order chi connectivity index (χ0) is 23.2. The summed E-state index contributed by atoms with van der Waals surface area (Å²) in [7, 11) is 0. The second-order valence-corrected chi connectivity index (χ2v) is 10.0. The minimum Gasteiger partial charge on any atom is -0.289 e. The first-order valence-electron chi connectivity index (χ1n) is 11.1. The molecule has 0 aromatic heterocycles. The summed E-state index contributed by atoms with van der Waals surface area (Å²) in [5.41, 5.74) is 3.80. The van der Waals surface area contributed by atoms with Crippen LogP contribution in [0.25, 0.3) is 11.1 Å². The van der Waals surface area contributed by atoms with E-state index in [9.17, 15) is 4.79 Å². The molecule has 5 aromatic carbocycles. The van der Waals surface area contributed by atoms with Gasteiger partial charge in [0.15, 0.2) is 5.78 Å². The molecule has 0 atom stereocenters. The molecule has 5 rings (SSSR count). The van der Waals surface area contributed by atoms with E-state index in [1.54, 1.807) is 23.5 Å². The largest absolute Gasteiger partial charge is 0.289 e. The predicted molar refractivity (Wildman–Crippen MR) is 143 cm³/mol. The Hall–Kier alpha value is -3.53. The molecule has 0 spiro atoms. The average Bonchev–Trinajstić information content (AvgIpc) is 2.91. The van der Waals surface area contributed by atoms with Crippen LogP contribution in [0.2, 0.25) is 0 Å². The number of carbonyl (C=O) groups is 1. The highest BCUT2D eigenvalue weighted by Crippen LogP contribution is 2.34. The Morgan fingerprint density at radius 2 is 0.912 bits per heavy atom. The summed E-state index contributed by atoms with van der Waals surface area (Å²) in [6.07, 6.45) is 0. The van der Waals surface area contributed by atoms with Gasteiger partial charge in [0.05, 0.1) is 0 Å². The maximum absolute atomic E-state index is 13.0. The average molecular weight is 475 g/mol. The van der Waals surface area contributed by atoms with E-state index < -0.39 is 0 Å². The molecule has 0 amide bonds. The molecular formula is C31H22OS2. The summed E-state index contributed by atoms with van der Waals surface area (Å²) in [4.78, 5) is 17.6. The number of hydrogen-bond donors (Lipinski definition) is 0. The lowest BCUT2D eigenvalue weighted by molar-refractivity contribution is 0.103. The number of hydrogen-bond acceptors (Lipinski definition) is 3. The summed E-state index contributed by atoms with van der Waals surface area (Å²) in [5, 5.41) is 0. The molecule has 0 aliphatic heterocycles. The van der Waals surface area contributed by atoms with Crippen molar-refractivity contribution >= 4 is 29.3 Å². The molecular weight excluding hydrogens is 452 g/mol. The van der Waals surface area contributed by atoms with E-state index in [1.807, 2.05) is 60.7 Å². The van der Waals surface area contributed by atoms with Gasteiger partial charge in [-0.2, -0.15) is 0 Å². The molecule has 0 unspecified atom stereocenters. The third-order valence-corrected chi connectivity index (χ3v) is 7.52. The monoisotopic (exact) mass is 474 g/mol. The molecule has 0 bridgehead atoms. The van der Waals surface area contributed by atoms with Crippen molar-refractivity contribution in [2.24, 2.45) is 0 Å². The minimum atomic E-state index is 0.0498. The van der Waals surface area contributed by atoms with Gasteiger partial charge >= 0.3 is 0 Å². The topological polar surface area (TPSA) is 17.1 Å². The molecule has 0 saturated heterocycles. The SMILES string of the molecule is O=C(c1ccccc1)c1ccccc1Sc1ccc(-c2ccc(Sc3ccccc3)cc2)cc1. The third-order valence-electron chi connectivity index (χ3n) is 5.42. The lowest BCUT2D eigenvalue weighted by atomic mass is 10.0. The van der Waals surface area contributed by atoms with Gasteiger partial charge in [0, 0.05) is 30.7 Å². The number of rotatable bonds is 7. The van der Waals surface area contributed by atoms with Crippen LogP contribution in [0.15, 0.2) is 153 Å². The number of ketones is 1. The Labute approximate surface area is 208 Å². The van der Waals surface area contributed by atoms with Crippen LogP contribution in [0, 0.1) is 0 Å². The van der Waals surface area contributed by atoms with Crippen LogP contribution in [0.3, 0.4) is 0 Å². The van der Waals surface area contributed by atoms with Gasteiger partial charge in [-0.25, -0.2) is 0 Å². The van der Waals surface area contributed by atoms with Gasteiger partial charge in [0.2, 0.25) is 0 Å². The van der Waals surface area contributed by atoms with Crippen LogP contribution in [-0.2, 0) is 0 Å². The van der Waals surface area contributed by atoms with Gasteiger partial charge in [-0.15, -0.1) is 0 Å². The zero-order valence-corrected chi connectivity index (χ0v) is 20.1. The molecule has 5 aromatic rings. The fraction of sp³-hybridized carbons (Fsp3) is 0. The second-order valence-electron chi connectivity index (χ2n) is 7.76. The summed E-state index contributed by atoms with van der Waals surface area (Å²) in [6, 6.07) is 44.9.